The van der Waals surface area contributed by atoms with Crippen molar-refractivity contribution in [2.24, 2.45) is 0 Å². The third-order valence-corrected chi connectivity index (χ3v) is 1.57. The van der Waals surface area contributed by atoms with Crippen LogP contribution in [-0.4, -0.2) is 22.0 Å². The summed E-state index contributed by atoms with van der Waals surface area (Å²) >= 11 is 5.65. The Balaban J connectivity index is 2.67. The SMILES string of the molecule is O=C(O)/C=C\C(=O)Oc1ncccc1Cl. The number of ether oxygens (including phenoxy) is 1. The highest BCUT2D eigenvalue weighted by atomic mass is 35.5. The van der Waals surface area contributed by atoms with Gasteiger partial charge in [-0.15, -0.1) is 0 Å². The number of aromatic nitrogens is 1. The van der Waals surface area contributed by atoms with E-state index < -0.39 is 11.9 Å². The maximum Gasteiger partial charge on any atom is 0.337 e. The molecule has 0 aliphatic heterocycles. The molecule has 78 valence electrons. The van der Waals surface area contributed by atoms with Crippen molar-refractivity contribution in [3.8, 4) is 5.88 Å². The Kier molecular flexibility index (Phi) is 3.82. The lowest BCUT2D eigenvalue weighted by Gasteiger charge is -2.00. The van der Waals surface area contributed by atoms with Crippen LogP contribution < -0.4 is 4.74 Å². The van der Waals surface area contributed by atoms with Crippen LogP contribution >= 0.6 is 11.6 Å². The van der Waals surface area contributed by atoms with Crippen molar-refractivity contribution >= 4 is 23.5 Å². The molecular formula is C9H6ClNO4. The molecular weight excluding hydrogens is 222 g/mol. The standard InChI is InChI=1S/C9H6ClNO4/c10-6-2-1-5-11-9(6)15-8(14)4-3-7(12)13/h1-5H,(H,12,13)/b4-3-. The lowest BCUT2D eigenvalue weighted by molar-refractivity contribution is -0.133. The van der Waals surface area contributed by atoms with E-state index in [2.05, 4.69) is 9.72 Å². The Morgan fingerprint density at radius 2 is 2.20 bits per heavy atom. The quantitative estimate of drug-likeness (QED) is 0.622. The van der Waals surface area contributed by atoms with Crippen LogP contribution in [0.15, 0.2) is 30.5 Å². The van der Waals surface area contributed by atoms with Crippen LogP contribution in [0.2, 0.25) is 5.02 Å². The van der Waals surface area contributed by atoms with Crippen molar-refractivity contribution in [3.63, 3.8) is 0 Å². The number of esters is 1. The first-order valence-electron chi connectivity index (χ1n) is 3.83. The fourth-order valence-electron chi connectivity index (χ4n) is 0.715. The number of halogens is 1. The maximum atomic E-state index is 11.0. The summed E-state index contributed by atoms with van der Waals surface area (Å²) in [4.78, 5) is 24.8. The number of carbonyl (C=O) groups is 2. The molecule has 0 unspecified atom stereocenters. The van der Waals surface area contributed by atoms with E-state index in [1.54, 1.807) is 6.07 Å². The largest absolute Gasteiger partial charge is 0.478 e. The van der Waals surface area contributed by atoms with Crippen LogP contribution in [-0.2, 0) is 9.59 Å². The van der Waals surface area contributed by atoms with Gasteiger partial charge in [-0.3, -0.25) is 0 Å². The molecule has 15 heavy (non-hydrogen) atoms. The van der Waals surface area contributed by atoms with Crippen molar-refractivity contribution in [1.82, 2.24) is 4.98 Å². The van der Waals surface area contributed by atoms with Crippen LogP contribution in [0.3, 0.4) is 0 Å². The Labute approximate surface area is 90.0 Å². The number of carbonyl (C=O) groups excluding carboxylic acids is 1. The first-order valence-corrected chi connectivity index (χ1v) is 4.20. The highest BCUT2D eigenvalue weighted by molar-refractivity contribution is 6.31. The van der Waals surface area contributed by atoms with Crippen LogP contribution in [0.1, 0.15) is 0 Å². The molecule has 0 saturated carbocycles. The molecule has 1 aromatic rings. The summed E-state index contributed by atoms with van der Waals surface area (Å²) in [5.74, 6) is -2.14. The first-order chi connectivity index (χ1) is 7.09. The average molecular weight is 228 g/mol. The first kappa shape index (κ1) is 11.2. The zero-order valence-corrected chi connectivity index (χ0v) is 8.14. The fourth-order valence-corrected chi connectivity index (χ4v) is 0.875. The Morgan fingerprint density at radius 3 is 2.80 bits per heavy atom. The number of pyridine rings is 1. The van der Waals surface area contributed by atoms with E-state index in [9.17, 15) is 9.59 Å². The summed E-state index contributed by atoms with van der Waals surface area (Å²) in [6.07, 6.45) is 2.84. The molecule has 0 saturated heterocycles. The lowest BCUT2D eigenvalue weighted by Crippen LogP contribution is -2.06. The number of aliphatic carboxylic acids is 1. The molecule has 0 aliphatic rings. The van der Waals surface area contributed by atoms with E-state index in [0.29, 0.717) is 6.08 Å². The van der Waals surface area contributed by atoms with Crippen molar-refractivity contribution < 1.29 is 19.4 Å². The maximum absolute atomic E-state index is 11.0. The molecule has 0 spiro atoms. The van der Waals surface area contributed by atoms with Gasteiger partial charge in [0, 0.05) is 18.3 Å². The summed E-state index contributed by atoms with van der Waals surface area (Å²) in [5, 5.41) is 8.42. The number of carboxylic acids is 1. The molecule has 1 heterocycles. The minimum Gasteiger partial charge on any atom is -0.478 e. The van der Waals surface area contributed by atoms with E-state index in [1.807, 2.05) is 0 Å². The van der Waals surface area contributed by atoms with Gasteiger partial charge in [-0.05, 0) is 12.1 Å². The van der Waals surface area contributed by atoms with Crippen LogP contribution in [0.25, 0.3) is 0 Å². The van der Waals surface area contributed by atoms with E-state index in [-0.39, 0.29) is 10.9 Å². The molecule has 1 aromatic heterocycles. The molecule has 1 N–H and O–H groups in total. The van der Waals surface area contributed by atoms with Gasteiger partial charge in [-0.25, -0.2) is 14.6 Å². The summed E-state index contributed by atoms with van der Waals surface area (Å²) in [5.41, 5.74) is 0. The summed E-state index contributed by atoms with van der Waals surface area (Å²) in [7, 11) is 0. The summed E-state index contributed by atoms with van der Waals surface area (Å²) in [6.45, 7) is 0. The van der Waals surface area contributed by atoms with Crippen molar-refractivity contribution in [3.05, 3.63) is 35.5 Å². The van der Waals surface area contributed by atoms with E-state index in [1.165, 1.54) is 12.3 Å². The number of hydrogen-bond acceptors (Lipinski definition) is 4. The van der Waals surface area contributed by atoms with Crippen molar-refractivity contribution in [2.45, 2.75) is 0 Å². The van der Waals surface area contributed by atoms with Gasteiger partial charge < -0.3 is 9.84 Å². The van der Waals surface area contributed by atoms with Crippen LogP contribution in [0, 0.1) is 0 Å². The third kappa shape index (κ3) is 3.78. The van der Waals surface area contributed by atoms with Gasteiger partial charge in [-0.1, -0.05) is 11.6 Å². The van der Waals surface area contributed by atoms with Crippen molar-refractivity contribution in [2.75, 3.05) is 0 Å². The normalized spacial score (nSPS) is 10.2. The molecule has 0 amide bonds. The fraction of sp³-hybridized carbons (Fsp3) is 0. The van der Waals surface area contributed by atoms with Crippen LogP contribution in [0.4, 0.5) is 0 Å². The average Bonchev–Trinajstić information content (AvgIpc) is 2.18. The second-order valence-corrected chi connectivity index (χ2v) is 2.79. The second-order valence-electron chi connectivity index (χ2n) is 2.38. The van der Waals surface area contributed by atoms with Gasteiger partial charge in [-0.2, -0.15) is 0 Å². The van der Waals surface area contributed by atoms with Gasteiger partial charge in [0.15, 0.2) is 0 Å². The minimum absolute atomic E-state index is 0.0563. The van der Waals surface area contributed by atoms with E-state index in [0.717, 1.165) is 6.08 Å². The zero-order valence-electron chi connectivity index (χ0n) is 7.38. The summed E-state index contributed by atoms with van der Waals surface area (Å²) in [6, 6.07) is 3.07. The lowest BCUT2D eigenvalue weighted by atomic mass is 10.5. The van der Waals surface area contributed by atoms with Gasteiger partial charge in [0.1, 0.15) is 5.02 Å². The summed E-state index contributed by atoms with van der Waals surface area (Å²) < 4.78 is 4.66. The predicted octanol–water partition coefficient (Wildman–Crippen LogP) is 1.28. The predicted molar refractivity (Wildman–Crippen MR) is 51.7 cm³/mol. The van der Waals surface area contributed by atoms with Gasteiger partial charge >= 0.3 is 11.9 Å². The van der Waals surface area contributed by atoms with Crippen molar-refractivity contribution in [1.29, 1.82) is 0 Å². The minimum atomic E-state index is -1.24. The smallest absolute Gasteiger partial charge is 0.337 e. The zero-order chi connectivity index (χ0) is 11.3. The topological polar surface area (TPSA) is 76.5 Å². The number of nitrogens with zero attached hydrogens (tertiary/aromatic N) is 1. The molecule has 0 aromatic carbocycles. The molecule has 0 fully saturated rings. The third-order valence-electron chi connectivity index (χ3n) is 1.28. The number of carboxylic acid groups (broad SMARTS) is 1. The molecule has 0 aliphatic carbocycles. The van der Waals surface area contributed by atoms with E-state index in [4.69, 9.17) is 16.7 Å². The Morgan fingerprint density at radius 1 is 1.47 bits per heavy atom. The molecule has 0 bridgehead atoms. The highest BCUT2D eigenvalue weighted by Crippen LogP contribution is 2.19. The second kappa shape index (κ2) is 5.11. The number of rotatable bonds is 3. The molecule has 6 heteroatoms. The van der Waals surface area contributed by atoms with Gasteiger partial charge in [0.25, 0.3) is 0 Å². The monoisotopic (exact) mass is 227 g/mol. The van der Waals surface area contributed by atoms with Gasteiger partial charge in [0.2, 0.25) is 5.88 Å². The highest BCUT2D eigenvalue weighted by Gasteiger charge is 2.06. The van der Waals surface area contributed by atoms with E-state index >= 15 is 0 Å². The number of hydrogen-bond donors (Lipinski definition) is 1. The molecule has 0 atom stereocenters. The molecule has 1 rings (SSSR count). The van der Waals surface area contributed by atoms with Gasteiger partial charge in [0.05, 0.1) is 0 Å². The Bertz CT molecular complexity index is 416. The Hall–Kier alpha value is -1.88. The molecule has 5 nitrogen and oxygen atoms in total. The van der Waals surface area contributed by atoms with Crippen LogP contribution in [0.5, 0.6) is 5.88 Å². The molecule has 0 radical (unpaired) electrons.